The Morgan fingerprint density at radius 2 is 1.65 bits per heavy atom. The first kappa shape index (κ1) is 15.9. The molecule has 7 heteroatoms. The summed E-state index contributed by atoms with van der Waals surface area (Å²) in [5, 5.41) is 3.71. The average Bonchev–Trinajstić information content (AvgIpc) is 2.66. The molecule has 0 aliphatic carbocycles. The molecule has 2 aromatic carbocycles. The lowest BCUT2D eigenvalue weighted by molar-refractivity contribution is 0.0847. The number of carbonyl (C=O) groups is 2. The standard InChI is InChI=1S/C19H15N3O4/c20-13-3-1-11(2-4-13)18(23)22-19(24)17-14-10-16-15(25-7-8-26-16)9-12(14)5-6-21-17/h1-6,9-10H,7-8,20H2,(H,22,23,24). The van der Waals surface area contributed by atoms with Gasteiger partial charge in [-0.05, 0) is 47.9 Å². The Kier molecular flexibility index (Phi) is 3.89. The highest BCUT2D eigenvalue weighted by atomic mass is 16.6. The molecule has 0 radical (unpaired) electrons. The average molecular weight is 349 g/mol. The molecular formula is C19H15N3O4. The van der Waals surface area contributed by atoms with Crippen LogP contribution < -0.4 is 20.5 Å². The number of benzene rings is 2. The largest absolute Gasteiger partial charge is 0.486 e. The number of ether oxygens (including phenoxy) is 2. The van der Waals surface area contributed by atoms with Gasteiger partial charge in [0.1, 0.15) is 18.9 Å². The topological polar surface area (TPSA) is 104 Å². The summed E-state index contributed by atoms with van der Waals surface area (Å²) in [5.41, 5.74) is 6.62. The molecule has 4 rings (SSSR count). The number of pyridine rings is 1. The number of nitrogen functional groups attached to an aromatic ring is 1. The lowest BCUT2D eigenvalue weighted by Gasteiger charge is -2.19. The molecule has 0 spiro atoms. The van der Waals surface area contributed by atoms with Crippen molar-refractivity contribution in [2.75, 3.05) is 18.9 Å². The van der Waals surface area contributed by atoms with Gasteiger partial charge in [-0.25, -0.2) is 0 Å². The molecule has 2 heterocycles. The summed E-state index contributed by atoms with van der Waals surface area (Å²) in [7, 11) is 0. The van der Waals surface area contributed by atoms with Crippen LogP contribution in [0.4, 0.5) is 5.69 Å². The minimum absolute atomic E-state index is 0.142. The van der Waals surface area contributed by atoms with Crippen LogP contribution in [0, 0.1) is 0 Å². The van der Waals surface area contributed by atoms with E-state index in [2.05, 4.69) is 10.3 Å². The van der Waals surface area contributed by atoms with Crippen LogP contribution in [-0.4, -0.2) is 30.0 Å². The number of rotatable bonds is 2. The molecule has 0 atom stereocenters. The van der Waals surface area contributed by atoms with Gasteiger partial charge < -0.3 is 15.2 Å². The SMILES string of the molecule is Nc1ccc(C(=O)NC(=O)c2nccc3cc4c(cc23)OCCO4)cc1. The third kappa shape index (κ3) is 2.90. The normalized spacial score (nSPS) is 12.6. The first-order valence-electron chi connectivity index (χ1n) is 8.01. The molecule has 26 heavy (non-hydrogen) atoms. The van der Waals surface area contributed by atoms with Gasteiger partial charge in [-0.3, -0.25) is 19.9 Å². The van der Waals surface area contributed by atoms with E-state index in [0.717, 1.165) is 5.39 Å². The van der Waals surface area contributed by atoms with Gasteiger partial charge >= 0.3 is 0 Å². The third-order valence-electron chi connectivity index (χ3n) is 4.04. The van der Waals surface area contributed by atoms with E-state index in [9.17, 15) is 9.59 Å². The second kappa shape index (κ2) is 6.36. The van der Waals surface area contributed by atoms with Crippen molar-refractivity contribution >= 4 is 28.3 Å². The van der Waals surface area contributed by atoms with Crippen molar-refractivity contribution in [2.24, 2.45) is 0 Å². The number of nitrogens with two attached hydrogens (primary N) is 1. The first-order chi connectivity index (χ1) is 12.6. The summed E-state index contributed by atoms with van der Waals surface area (Å²) in [4.78, 5) is 29.0. The Hall–Kier alpha value is -3.61. The second-order valence-electron chi connectivity index (χ2n) is 5.78. The van der Waals surface area contributed by atoms with Crippen molar-refractivity contribution in [3.63, 3.8) is 0 Å². The lowest BCUT2D eigenvalue weighted by Crippen LogP contribution is -2.31. The number of fused-ring (bicyclic) bond motifs is 2. The maximum atomic E-state index is 12.6. The minimum atomic E-state index is -0.589. The van der Waals surface area contributed by atoms with E-state index < -0.39 is 11.8 Å². The Bertz CT molecular complexity index is 1020. The van der Waals surface area contributed by atoms with Crippen molar-refractivity contribution in [3.8, 4) is 11.5 Å². The van der Waals surface area contributed by atoms with E-state index in [0.29, 0.717) is 41.3 Å². The zero-order valence-electron chi connectivity index (χ0n) is 13.7. The van der Waals surface area contributed by atoms with Crippen LogP contribution in [0.5, 0.6) is 11.5 Å². The van der Waals surface area contributed by atoms with Crippen molar-refractivity contribution < 1.29 is 19.1 Å². The van der Waals surface area contributed by atoms with E-state index in [4.69, 9.17) is 15.2 Å². The number of anilines is 1. The Morgan fingerprint density at radius 1 is 0.962 bits per heavy atom. The number of amides is 2. The highest BCUT2D eigenvalue weighted by Crippen LogP contribution is 2.35. The zero-order valence-corrected chi connectivity index (χ0v) is 13.7. The Labute approximate surface area is 148 Å². The van der Waals surface area contributed by atoms with E-state index in [1.54, 1.807) is 42.5 Å². The van der Waals surface area contributed by atoms with Gasteiger partial charge in [-0.2, -0.15) is 0 Å². The van der Waals surface area contributed by atoms with Crippen LogP contribution in [0.3, 0.4) is 0 Å². The van der Waals surface area contributed by atoms with Crippen LogP contribution in [-0.2, 0) is 0 Å². The van der Waals surface area contributed by atoms with Gasteiger partial charge in [0.05, 0.1) is 0 Å². The quantitative estimate of drug-likeness (QED) is 0.543. The second-order valence-corrected chi connectivity index (χ2v) is 5.78. The highest BCUT2D eigenvalue weighted by Gasteiger charge is 2.19. The fourth-order valence-corrected chi connectivity index (χ4v) is 2.76. The minimum Gasteiger partial charge on any atom is -0.486 e. The van der Waals surface area contributed by atoms with Crippen LogP contribution in [0.1, 0.15) is 20.8 Å². The molecule has 7 nitrogen and oxygen atoms in total. The van der Waals surface area contributed by atoms with E-state index in [1.807, 2.05) is 0 Å². The predicted octanol–water partition coefficient (Wildman–Crippen LogP) is 2.16. The summed E-state index contributed by atoms with van der Waals surface area (Å²) in [6.45, 7) is 0.920. The molecule has 0 saturated heterocycles. The van der Waals surface area contributed by atoms with Crippen molar-refractivity contribution in [1.82, 2.24) is 10.3 Å². The van der Waals surface area contributed by atoms with Crippen LogP contribution in [0.25, 0.3) is 10.8 Å². The number of carbonyl (C=O) groups excluding carboxylic acids is 2. The fourth-order valence-electron chi connectivity index (χ4n) is 2.76. The molecule has 130 valence electrons. The number of hydrogen-bond donors (Lipinski definition) is 2. The maximum Gasteiger partial charge on any atom is 0.277 e. The highest BCUT2D eigenvalue weighted by molar-refractivity contribution is 6.14. The van der Waals surface area contributed by atoms with Crippen LogP contribution >= 0.6 is 0 Å². The van der Waals surface area contributed by atoms with Crippen molar-refractivity contribution in [2.45, 2.75) is 0 Å². The number of imide groups is 1. The number of aromatic nitrogens is 1. The molecule has 1 aliphatic rings. The van der Waals surface area contributed by atoms with Crippen LogP contribution in [0.15, 0.2) is 48.7 Å². The summed E-state index contributed by atoms with van der Waals surface area (Å²) >= 11 is 0. The summed E-state index contributed by atoms with van der Waals surface area (Å²) < 4.78 is 11.1. The molecule has 2 amide bonds. The van der Waals surface area contributed by atoms with Crippen molar-refractivity contribution in [3.05, 3.63) is 59.9 Å². The predicted molar refractivity (Wildman–Crippen MR) is 95.4 cm³/mol. The smallest absolute Gasteiger partial charge is 0.277 e. The summed E-state index contributed by atoms with van der Waals surface area (Å²) in [5.74, 6) is 0.0652. The molecule has 0 unspecified atom stereocenters. The van der Waals surface area contributed by atoms with Gasteiger partial charge in [0, 0.05) is 22.8 Å². The number of nitrogens with one attached hydrogen (secondary N) is 1. The lowest BCUT2D eigenvalue weighted by atomic mass is 10.1. The van der Waals surface area contributed by atoms with Gasteiger partial charge in [-0.1, -0.05) is 0 Å². The molecule has 0 bridgehead atoms. The molecule has 1 aliphatic heterocycles. The number of hydrogen-bond acceptors (Lipinski definition) is 6. The molecule has 0 saturated carbocycles. The van der Waals surface area contributed by atoms with Gasteiger partial charge in [-0.15, -0.1) is 0 Å². The molecule has 3 aromatic rings. The summed E-state index contributed by atoms with van der Waals surface area (Å²) in [6, 6.07) is 11.6. The molecule has 3 N–H and O–H groups in total. The maximum absolute atomic E-state index is 12.6. The fraction of sp³-hybridized carbons (Fsp3) is 0.105. The molecular weight excluding hydrogens is 334 g/mol. The molecule has 1 aromatic heterocycles. The van der Waals surface area contributed by atoms with Crippen molar-refractivity contribution in [1.29, 1.82) is 0 Å². The zero-order chi connectivity index (χ0) is 18.1. The third-order valence-corrected chi connectivity index (χ3v) is 4.04. The van der Waals surface area contributed by atoms with E-state index >= 15 is 0 Å². The van der Waals surface area contributed by atoms with Crippen LogP contribution in [0.2, 0.25) is 0 Å². The Balaban J connectivity index is 1.66. The first-order valence-corrected chi connectivity index (χ1v) is 8.01. The Morgan fingerprint density at radius 3 is 2.38 bits per heavy atom. The molecule has 0 fully saturated rings. The van der Waals surface area contributed by atoms with Gasteiger partial charge in [0.15, 0.2) is 11.5 Å². The summed E-state index contributed by atoms with van der Waals surface area (Å²) in [6.07, 6.45) is 1.51. The van der Waals surface area contributed by atoms with Gasteiger partial charge in [0.25, 0.3) is 11.8 Å². The van der Waals surface area contributed by atoms with E-state index in [-0.39, 0.29) is 5.69 Å². The number of nitrogens with zero attached hydrogens (tertiary/aromatic N) is 1. The van der Waals surface area contributed by atoms with E-state index in [1.165, 1.54) is 6.20 Å². The van der Waals surface area contributed by atoms with Gasteiger partial charge in [0.2, 0.25) is 0 Å². The monoisotopic (exact) mass is 349 g/mol.